The Bertz CT molecular complexity index is 1020. The normalized spacial score (nSPS) is 12.8. The lowest BCUT2D eigenvalue weighted by Gasteiger charge is -2.18. The molecular formula is C51H88O5. The second-order valence-electron chi connectivity index (χ2n) is 15.3. The number of allylic oxidation sites excluding steroid dienone is 12. The molecule has 0 rings (SSSR count). The van der Waals surface area contributed by atoms with Crippen LogP contribution >= 0.6 is 0 Å². The van der Waals surface area contributed by atoms with E-state index in [-0.39, 0.29) is 25.2 Å². The van der Waals surface area contributed by atoms with Crippen LogP contribution in [-0.2, 0) is 23.8 Å². The molecule has 0 aliphatic rings. The maximum Gasteiger partial charge on any atom is 0.306 e. The molecule has 56 heavy (non-hydrogen) atoms. The van der Waals surface area contributed by atoms with Crippen LogP contribution in [-0.4, -0.2) is 37.9 Å². The Morgan fingerprint density at radius 3 is 1.36 bits per heavy atom. The van der Waals surface area contributed by atoms with Crippen LogP contribution in [0.4, 0.5) is 0 Å². The topological polar surface area (TPSA) is 61.8 Å². The molecule has 1 atom stereocenters. The van der Waals surface area contributed by atoms with Crippen molar-refractivity contribution in [1.82, 2.24) is 0 Å². The molecule has 0 saturated heterocycles. The summed E-state index contributed by atoms with van der Waals surface area (Å²) in [5.41, 5.74) is 0. The summed E-state index contributed by atoms with van der Waals surface area (Å²) in [5, 5.41) is 0. The lowest BCUT2D eigenvalue weighted by Crippen LogP contribution is -2.30. The molecule has 0 heterocycles. The zero-order chi connectivity index (χ0) is 40.7. The molecular weight excluding hydrogens is 693 g/mol. The highest BCUT2D eigenvalue weighted by Gasteiger charge is 2.17. The minimum Gasteiger partial charge on any atom is -0.462 e. The standard InChI is InChI=1S/C51H88O5/c1-4-7-10-13-16-18-20-22-23-24-25-26-27-28-30-32-34-37-40-43-46-54-47-49(56-51(53)45-42-39-35-15-12-9-6-3)48-55-50(52)44-41-38-36-33-31-29-21-19-17-14-11-8-5-2/h7,10-11,14,16,18-19,21-23,25-26,49H,4-6,8-9,12-13,15,17,20,24,27-48H2,1-3H3/b10-7-,14-11-,18-16-,21-19-,23-22-,26-25-. The van der Waals surface area contributed by atoms with Gasteiger partial charge in [0.15, 0.2) is 6.10 Å². The van der Waals surface area contributed by atoms with Crippen LogP contribution < -0.4 is 0 Å². The molecule has 5 heteroatoms. The zero-order valence-electron chi connectivity index (χ0n) is 36.9. The quantitative estimate of drug-likeness (QED) is 0.0351. The first-order valence-corrected chi connectivity index (χ1v) is 23.5. The van der Waals surface area contributed by atoms with Gasteiger partial charge in [-0.1, -0.05) is 190 Å². The highest BCUT2D eigenvalue weighted by Crippen LogP contribution is 2.13. The summed E-state index contributed by atoms with van der Waals surface area (Å²) in [6.07, 6.45) is 59.1. The number of esters is 2. The number of hydrogen-bond acceptors (Lipinski definition) is 5. The molecule has 0 saturated carbocycles. The largest absolute Gasteiger partial charge is 0.462 e. The van der Waals surface area contributed by atoms with Gasteiger partial charge in [-0.05, 0) is 83.5 Å². The Hall–Kier alpha value is -2.66. The minimum absolute atomic E-state index is 0.0719. The summed E-state index contributed by atoms with van der Waals surface area (Å²) < 4.78 is 17.3. The molecule has 0 aliphatic heterocycles. The van der Waals surface area contributed by atoms with Crippen LogP contribution in [0.25, 0.3) is 0 Å². The van der Waals surface area contributed by atoms with Crippen molar-refractivity contribution in [1.29, 1.82) is 0 Å². The van der Waals surface area contributed by atoms with E-state index in [1.165, 1.54) is 89.9 Å². The monoisotopic (exact) mass is 781 g/mol. The fourth-order valence-electron chi connectivity index (χ4n) is 6.24. The van der Waals surface area contributed by atoms with Crippen molar-refractivity contribution < 1.29 is 23.8 Å². The summed E-state index contributed by atoms with van der Waals surface area (Å²) in [6.45, 7) is 7.57. The summed E-state index contributed by atoms with van der Waals surface area (Å²) in [5.74, 6) is -0.427. The first kappa shape index (κ1) is 53.3. The Kier molecular flexibility index (Phi) is 44.5. The molecule has 0 fully saturated rings. The highest BCUT2D eigenvalue weighted by atomic mass is 16.6. The molecule has 0 aromatic heterocycles. The van der Waals surface area contributed by atoms with Crippen LogP contribution in [0.1, 0.15) is 213 Å². The van der Waals surface area contributed by atoms with E-state index < -0.39 is 6.10 Å². The molecule has 0 radical (unpaired) electrons. The number of unbranched alkanes of at least 4 members (excludes halogenated alkanes) is 19. The smallest absolute Gasteiger partial charge is 0.306 e. The lowest BCUT2D eigenvalue weighted by atomic mass is 10.1. The minimum atomic E-state index is -0.545. The first-order valence-electron chi connectivity index (χ1n) is 23.5. The second-order valence-corrected chi connectivity index (χ2v) is 15.3. The molecule has 0 N–H and O–H groups in total. The van der Waals surface area contributed by atoms with E-state index in [0.29, 0.717) is 19.4 Å². The van der Waals surface area contributed by atoms with E-state index in [1.807, 2.05) is 0 Å². The molecule has 0 aromatic rings. The fraction of sp³-hybridized carbons (Fsp3) is 0.725. The number of hydrogen-bond donors (Lipinski definition) is 0. The van der Waals surface area contributed by atoms with E-state index in [9.17, 15) is 9.59 Å². The van der Waals surface area contributed by atoms with E-state index >= 15 is 0 Å². The Balaban J connectivity index is 4.16. The SMILES string of the molecule is CC/C=C\C/C=C\C/C=C\C/C=C\CCCCCCCCCOCC(COC(=O)CCCCCCC/C=C\C/C=C\CCC)OC(=O)CCCCCCCCC. The van der Waals surface area contributed by atoms with E-state index in [4.69, 9.17) is 14.2 Å². The molecule has 0 amide bonds. The van der Waals surface area contributed by atoms with Gasteiger partial charge in [-0.25, -0.2) is 0 Å². The van der Waals surface area contributed by atoms with Crippen molar-refractivity contribution in [2.45, 2.75) is 219 Å². The Morgan fingerprint density at radius 2 is 0.839 bits per heavy atom. The number of ether oxygens (including phenoxy) is 3. The van der Waals surface area contributed by atoms with Gasteiger partial charge in [0.1, 0.15) is 6.61 Å². The predicted molar refractivity (Wildman–Crippen MR) is 242 cm³/mol. The molecule has 0 aromatic carbocycles. The molecule has 0 bridgehead atoms. The van der Waals surface area contributed by atoms with Gasteiger partial charge in [-0.15, -0.1) is 0 Å². The molecule has 1 unspecified atom stereocenters. The fourth-order valence-corrected chi connectivity index (χ4v) is 6.24. The Labute approximate surface area is 347 Å². The summed E-state index contributed by atoms with van der Waals surface area (Å²) in [4.78, 5) is 25.1. The average Bonchev–Trinajstić information content (AvgIpc) is 3.20. The number of rotatable bonds is 42. The molecule has 0 spiro atoms. The summed E-state index contributed by atoms with van der Waals surface area (Å²) in [6, 6.07) is 0. The summed E-state index contributed by atoms with van der Waals surface area (Å²) >= 11 is 0. The highest BCUT2D eigenvalue weighted by molar-refractivity contribution is 5.70. The van der Waals surface area contributed by atoms with Crippen LogP contribution in [0, 0.1) is 0 Å². The molecule has 322 valence electrons. The second kappa shape index (κ2) is 46.7. The van der Waals surface area contributed by atoms with Gasteiger partial charge < -0.3 is 14.2 Å². The maximum atomic E-state index is 12.6. The van der Waals surface area contributed by atoms with Crippen molar-refractivity contribution in [2.24, 2.45) is 0 Å². The first-order chi connectivity index (χ1) is 27.6. The van der Waals surface area contributed by atoms with Crippen molar-refractivity contribution in [3.8, 4) is 0 Å². The van der Waals surface area contributed by atoms with Gasteiger partial charge in [-0.3, -0.25) is 9.59 Å². The van der Waals surface area contributed by atoms with Crippen molar-refractivity contribution in [3.63, 3.8) is 0 Å². The van der Waals surface area contributed by atoms with Gasteiger partial charge in [0.05, 0.1) is 6.61 Å². The van der Waals surface area contributed by atoms with Crippen LogP contribution in [0.15, 0.2) is 72.9 Å². The summed E-state index contributed by atoms with van der Waals surface area (Å²) in [7, 11) is 0. The van der Waals surface area contributed by atoms with Crippen LogP contribution in [0.2, 0.25) is 0 Å². The molecule has 0 aliphatic carbocycles. The van der Waals surface area contributed by atoms with Crippen molar-refractivity contribution >= 4 is 11.9 Å². The van der Waals surface area contributed by atoms with Crippen LogP contribution in [0.5, 0.6) is 0 Å². The van der Waals surface area contributed by atoms with Crippen molar-refractivity contribution in [2.75, 3.05) is 19.8 Å². The Morgan fingerprint density at radius 1 is 0.411 bits per heavy atom. The average molecular weight is 781 g/mol. The predicted octanol–water partition coefficient (Wildman–Crippen LogP) is 15.6. The zero-order valence-corrected chi connectivity index (χ0v) is 36.9. The maximum absolute atomic E-state index is 12.6. The van der Waals surface area contributed by atoms with Gasteiger partial charge >= 0.3 is 11.9 Å². The van der Waals surface area contributed by atoms with Gasteiger partial charge in [0.2, 0.25) is 0 Å². The van der Waals surface area contributed by atoms with Gasteiger partial charge in [0, 0.05) is 19.4 Å². The third-order valence-corrected chi connectivity index (χ3v) is 9.71. The van der Waals surface area contributed by atoms with Crippen LogP contribution in [0.3, 0.4) is 0 Å². The van der Waals surface area contributed by atoms with Crippen molar-refractivity contribution in [3.05, 3.63) is 72.9 Å². The third-order valence-electron chi connectivity index (χ3n) is 9.71. The third kappa shape index (κ3) is 44.1. The van der Waals surface area contributed by atoms with E-state index in [1.54, 1.807) is 0 Å². The molecule has 5 nitrogen and oxygen atoms in total. The lowest BCUT2D eigenvalue weighted by molar-refractivity contribution is -0.163. The van der Waals surface area contributed by atoms with E-state index in [0.717, 1.165) is 89.9 Å². The van der Waals surface area contributed by atoms with Gasteiger partial charge in [0.25, 0.3) is 0 Å². The van der Waals surface area contributed by atoms with E-state index in [2.05, 4.69) is 93.7 Å². The number of carbonyl (C=O) groups excluding carboxylic acids is 2. The van der Waals surface area contributed by atoms with Gasteiger partial charge in [-0.2, -0.15) is 0 Å². The number of carbonyl (C=O) groups is 2.